The van der Waals surface area contributed by atoms with Crippen LogP contribution in [-0.4, -0.2) is 37.6 Å². The average molecular weight is 280 g/mol. The predicted octanol–water partition coefficient (Wildman–Crippen LogP) is 3.91. The first-order valence-corrected chi connectivity index (χ1v) is 8.79. The first kappa shape index (κ1) is 16.3. The fourth-order valence-electron chi connectivity index (χ4n) is 4.49. The van der Waals surface area contributed by atoms with Gasteiger partial charge in [0.15, 0.2) is 0 Å². The molecule has 2 aliphatic rings. The van der Waals surface area contributed by atoms with Crippen molar-refractivity contribution in [2.45, 2.75) is 77.8 Å². The maximum atomic E-state index is 3.59. The molecule has 3 atom stereocenters. The topological polar surface area (TPSA) is 15.3 Å². The monoisotopic (exact) mass is 280 g/mol. The second kappa shape index (κ2) is 6.79. The lowest BCUT2D eigenvalue weighted by atomic mass is 9.69. The van der Waals surface area contributed by atoms with Gasteiger partial charge in [0.2, 0.25) is 0 Å². The molecule has 0 aromatic carbocycles. The molecule has 0 bridgehead atoms. The smallest absolute Gasteiger partial charge is 0.0249 e. The van der Waals surface area contributed by atoms with Crippen LogP contribution < -0.4 is 5.32 Å². The maximum absolute atomic E-state index is 3.59. The molecule has 2 rings (SSSR count). The van der Waals surface area contributed by atoms with Crippen molar-refractivity contribution in [3.05, 3.63) is 0 Å². The van der Waals surface area contributed by atoms with Gasteiger partial charge in [-0.15, -0.1) is 0 Å². The lowest BCUT2D eigenvalue weighted by Crippen LogP contribution is -2.53. The Bertz CT molecular complexity index is 288. The zero-order valence-electron chi connectivity index (χ0n) is 14.4. The molecule has 2 aliphatic carbocycles. The summed E-state index contributed by atoms with van der Waals surface area (Å²) in [6, 6.07) is 1.43. The number of nitrogens with one attached hydrogen (secondary N) is 1. The predicted molar refractivity (Wildman–Crippen MR) is 88.0 cm³/mol. The van der Waals surface area contributed by atoms with Gasteiger partial charge >= 0.3 is 0 Å². The van der Waals surface area contributed by atoms with Crippen molar-refractivity contribution >= 4 is 0 Å². The minimum Gasteiger partial charge on any atom is -0.315 e. The minimum absolute atomic E-state index is 0.463. The van der Waals surface area contributed by atoms with E-state index in [2.05, 4.69) is 45.1 Å². The Morgan fingerprint density at radius 3 is 2.25 bits per heavy atom. The van der Waals surface area contributed by atoms with Crippen LogP contribution in [0.2, 0.25) is 0 Å². The Labute approximate surface area is 126 Å². The summed E-state index contributed by atoms with van der Waals surface area (Å²) in [7, 11) is 4.52. The molecule has 0 radical (unpaired) electrons. The molecule has 0 aliphatic heterocycles. The molecule has 2 saturated carbocycles. The fraction of sp³-hybridized carbons (Fsp3) is 1.00. The van der Waals surface area contributed by atoms with Gasteiger partial charge in [0.1, 0.15) is 0 Å². The molecule has 0 saturated heterocycles. The molecule has 0 heterocycles. The highest BCUT2D eigenvalue weighted by Gasteiger charge is 2.37. The van der Waals surface area contributed by atoms with Crippen molar-refractivity contribution < 1.29 is 0 Å². The van der Waals surface area contributed by atoms with E-state index in [0.29, 0.717) is 11.5 Å². The third kappa shape index (κ3) is 3.98. The summed E-state index contributed by atoms with van der Waals surface area (Å²) in [6.07, 6.45) is 9.96. The Kier molecular flexibility index (Phi) is 5.53. The van der Waals surface area contributed by atoms with Gasteiger partial charge < -0.3 is 10.2 Å². The Morgan fingerprint density at radius 1 is 1.05 bits per heavy atom. The summed E-state index contributed by atoms with van der Waals surface area (Å²) in [4.78, 5) is 2.69. The third-order valence-electron chi connectivity index (χ3n) is 6.00. The van der Waals surface area contributed by atoms with E-state index >= 15 is 0 Å². The summed E-state index contributed by atoms with van der Waals surface area (Å²) < 4.78 is 0. The molecule has 3 unspecified atom stereocenters. The second-order valence-corrected chi connectivity index (χ2v) is 8.43. The molecule has 0 aromatic heterocycles. The molecule has 118 valence electrons. The molecule has 0 amide bonds. The number of hydrogen-bond donors (Lipinski definition) is 1. The van der Waals surface area contributed by atoms with Crippen LogP contribution in [0.25, 0.3) is 0 Å². The maximum Gasteiger partial charge on any atom is 0.0249 e. The lowest BCUT2D eigenvalue weighted by molar-refractivity contribution is 0.0669. The summed E-state index contributed by atoms with van der Waals surface area (Å²) in [5.41, 5.74) is 0.463. The average Bonchev–Trinajstić information content (AvgIpc) is 2.89. The van der Waals surface area contributed by atoms with Crippen molar-refractivity contribution in [3.8, 4) is 0 Å². The first-order chi connectivity index (χ1) is 9.41. The van der Waals surface area contributed by atoms with E-state index in [4.69, 9.17) is 0 Å². The summed E-state index contributed by atoms with van der Waals surface area (Å²) in [5, 5.41) is 3.59. The van der Waals surface area contributed by atoms with E-state index in [-0.39, 0.29) is 0 Å². The van der Waals surface area contributed by atoms with E-state index in [0.717, 1.165) is 17.9 Å². The van der Waals surface area contributed by atoms with Crippen LogP contribution in [-0.2, 0) is 0 Å². The Hall–Kier alpha value is -0.0800. The van der Waals surface area contributed by atoms with E-state index in [1.165, 1.54) is 51.5 Å². The van der Waals surface area contributed by atoms with E-state index in [1.54, 1.807) is 0 Å². The van der Waals surface area contributed by atoms with Gasteiger partial charge in [-0.1, -0.05) is 33.6 Å². The largest absolute Gasteiger partial charge is 0.315 e. The van der Waals surface area contributed by atoms with Gasteiger partial charge in [-0.3, -0.25) is 0 Å². The molecule has 2 fully saturated rings. The number of likely N-dealkylation sites (N-methyl/N-ethyl adjacent to an activating group) is 2. The zero-order chi connectivity index (χ0) is 14.8. The number of rotatable bonds is 4. The summed E-state index contributed by atoms with van der Waals surface area (Å²) in [6.45, 7) is 8.59. The standard InChI is InChI=1S/C18H36N2/c1-18(2,3)15-10-11-16(19-4)17(12-15)20(5)13-14-8-6-7-9-14/h14-17,19H,6-13H2,1-5H3. The van der Waals surface area contributed by atoms with Crippen LogP contribution in [0.1, 0.15) is 65.7 Å². The fourth-order valence-corrected chi connectivity index (χ4v) is 4.49. The van der Waals surface area contributed by atoms with Crippen LogP contribution in [0.5, 0.6) is 0 Å². The van der Waals surface area contributed by atoms with E-state index in [1.807, 2.05) is 0 Å². The quantitative estimate of drug-likeness (QED) is 0.840. The summed E-state index contributed by atoms with van der Waals surface area (Å²) >= 11 is 0. The highest BCUT2D eigenvalue weighted by Crippen LogP contribution is 2.39. The molecule has 2 nitrogen and oxygen atoms in total. The molecule has 1 N–H and O–H groups in total. The van der Waals surface area contributed by atoms with Gasteiger partial charge in [0.25, 0.3) is 0 Å². The Balaban J connectivity index is 1.96. The van der Waals surface area contributed by atoms with Crippen molar-refractivity contribution in [1.82, 2.24) is 10.2 Å². The second-order valence-electron chi connectivity index (χ2n) is 8.43. The molecule has 0 spiro atoms. The van der Waals surface area contributed by atoms with Crippen LogP contribution in [0, 0.1) is 17.3 Å². The number of hydrogen-bond acceptors (Lipinski definition) is 2. The van der Waals surface area contributed by atoms with Gasteiger partial charge in [-0.2, -0.15) is 0 Å². The van der Waals surface area contributed by atoms with Crippen molar-refractivity contribution in [3.63, 3.8) is 0 Å². The van der Waals surface area contributed by atoms with Crippen molar-refractivity contribution in [1.29, 1.82) is 0 Å². The third-order valence-corrected chi connectivity index (χ3v) is 6.00. The van der Waals surface area contributed by atoms with Crippen molar-refractivity contribution in [2.75, 3.05) is 20.6 Å². The number of nitrogens with zero attached hydrogens (tertiary/aromatic N) is 1. The normalized spacial score (nSPS) is 33.0. The van der Waals surface area contributed by atoms with Gasteiger partial charge in [-0.25, -0.2) is 0 Å². The summed E-state index contributed by atoms with van der Waals surface area (Å²) in [5.74, 6) is 1.84. The highest BCUT2D eigenvalue weighted by atomic mass is 15.2. The van der Waals surface area contributed by atoms with Crippen LogP contribution in [0.15, 0.2) is 0 Å². The van der Waals surface area contributed by atoms with Crippen LogP contribution >= 0.6 is 0 Å². The highest BCUT2D eigenvalue weighted by molar-refractivity contribution is 4.93. The van der Waals surface area contributed by atoms with E-state index in [9.17, 15) is 0 Å². The molecule has 20 heavy (non-hydrogen) atoms. The van der Waals surface area contributed by atoms with Crippen LogP contribution in [0.4, 0.5) is 0 Å². The van der Waals surface area contributed by atoms with Crippen molar-refractivity contribution in [2.24, 2.45) is 17.3 Å². The first-order valence-electron chi connectivity index (χ1n) is 8.79. The van der Waals surface area contributed by atoms with Gasteiger partial charge in [0.05, 0.1) is 0 Å². The molecule has 0 aromatic rings. The SMILES string of the molecule is CNC1CCC(C(C)(C)C)CC1N(C)CC1CCCC1. The molecular weight excluding hydrogens is 244 g/mol. The van der Waals surface area contributed by atoms with E-state index < -0.39 is 0 Å². The zero-order valence-corrected chi connectivity index (χ0v) is 14.4. The molecular formula is C18H36N2. The van der Waals surface area contributed by atoms with Gasteiger partial charge in [-0.05, 0) is 63.5 Å². The van der Waals surface area contributed by atoms with Crippen LogP contribution in [0.3, 0.4) is 0 Å². The molecule has 2 heteroatoms. The Morgan fingerprint density at radius 2 is 1.70 bits per heavy atom. The lowest BCUT2D eigenvalue weighted by Gasteiger charge is -2.45. The van der Waals surface area contributed by atoms with Gasteiger partial charge in [0, 0.05) is 18.6 Å². The minimum atomic E-state index is 0.463.